The van der Waals surface area contributed by atoms with Gasteiger partial charge in [0.05, 0.1) is 11.7 Å². The molecule has 0 radical (unpaired) electrons. The van der Waals surface area contributed by atoms with Crippen molar-refractivity contribution in [3.63, 3.8) is 0 Å². The molecule has 5 nitrogen and oxygen atoms in total. The number of rotatable bonds is 4. The van der Waals surface area contributed by atoms with Gasteiger partial charge < -0.3 is 10.6 Å². The summed E-state index contributed by atoms with van der Waals surface area (Å²) in [6.45, 7) is 4.17. The number of anilines is 1. The minimum absolute atomic E-state index is 0.177. The van der Waals surface area contributed by atoms with Crippen LogP contribution in [-0.4, -0.2) is 28.0 Å². The molecule has 24 heavy (non-hydrogen) atoms. The number of nitrogens with one attached hydrogen (secondary N) is 2. The van der Waals surface area contributed by atoms with Gasteiger partial charge in [-0.1, -0.05) is 12.8 Å². The zero-order valence-corrected chi connectivity index (χ0v) is 15.0. The SMILES string of the molecule is CC(Nc1nc(C2CCCC2)nc2c1CCNCC2)c1nccs1. The Morgan fingerprint density at radius 2 is 2.04 bits per heavy atom. The third kappa shape index (κ3) is 3.30. The Morgan fingerprint density at radius 3 is 2.83 bits per heavy atom. The fraction of sp³-hybridized carbons (Fsp3) is 0.611. The molecular formula is C18H25N5S. The molecule has 1 aliphatic heterocycles. The summed E-state index contributed by atoms with van der Waals surface area (Å²) in [6, 6.07) is 0.177. The summed E-state index contributed by atoms with van der Waals surface area (Å²) in [7, 11) is 0. The molecule has 1 aliphatic carbocycles. The Balaban J connectivity index is 1.68. The highest BCUT2D eigenvalue weighted by Gasteiger charge is 2.24. The molecule has 2 aliphatic rings. The van der Waals surface area contributed by atoms with Crippen LogP contribution < -0.4 is 10.6 Å². The highest BCUT2D eigenvalue weighted by atomic mass is 32.1. The zero-order chi connectivity index (χ0) is 16.4. The first kappa shape index (κ1) is 16.0. The van der Waals surface area contributed by atoms with Gasteiger partial charge in [-0.2, -0.15) is 0 Å². The van der Waals surface area contributed by atoms with Gasteiger partial charge in [-0.3, -0.25) is 0 Å². The highest BCUT2D eigenvalue weighted by molar-refractivity contribution is 7.09. The van der Waals surface area contributed by atoms with Crippen molar-refractivity contribution < 1.29 is 0 Å². The summed E-state index contributed by atoms with van der Waals surface area (Å²) in [5.41, 5.74) is 2.54. The van der Waals surface area contributed by atoms with E-state index in [2.05, 4.69) is 22.5 Å². The molecule has 0 aromatic carbocycles. The van der Waals surface area contributed by atoms with Crippen LogP contribution in [0.25, 0.3) is 0 Å². The predicted molar refractivity (Wildman–Crippen MR) is 97.7 cm³/mol. The summed E-state index contributed by atoms with van der Waals surface area (Å²) >= 11 is 1.69. The van der Waals surface area contributed by atoms with Gasteiger partial charge in [0.25, 0.3) is 0 Å². The Bertz CT molecular complexity index is 679. The van der Waals surface area contributed by atoms with Crippen molar-refractivity contribution in [3.8, 4) is 0 Å². The van der Waals surface area contributed by atoms with Crippen molar-refractivity contribution in [2.24, 2.45) is 0 Å². The van der Waals surface area contributed by atoms with Gasteiger partial charge in [0.2, 0.25) is 0 Å². The Labute approximate surface area is 147 Å². The van der Waals surface area contributed by atoms with E-state index in [1.54, 1.807) is 11.3 Å². The Morgan fingerprint density at radius 1 is 1.21 bits per heavy atom. The predicted octanol–water partition coefficient (Wildman–Crippen LogP) is 3.45. The van der Waals surface area contributed by atoms with Crippen LogP contribution in [0.1, 0.15) is 66.7 Å². The molecule has 2 aromatic rings. The van der Waals surface area contributed by atoms with Crippen LogP contribution in [-0.2, 0) is 12.8 Å². The molecule has 2 N–H and O–H groups in total. The molecule has 1 atom stereocenters. The summed E-state index contributed by atoms with van der Waals surface area (Å²) in [5, 5.41) is 10.3. The van der Waals surface area contributed by atoms with E-state index in [1.165, 1.54) is 36.9 Å². The van der Waals surface area contributed by atoms with Crippen LogP contribution in [0, 0.1) is 0 Å². The first-order chi connectivity index (χ1) is 11.8. The minimum atomic E-state index is 0.177. The van der Waals surface area contributed by atoms with Crippen LogP contribution >= 0.6 is 11.3 Å². The van der Waals surface area contributed by atoms with E-state index < -0.39 is 0 Å². The number of aromatic nitrogens is 3. The van der Waals surface area contributed by atoms with E-state index >= 15 is 0 Å². The van der Waals surface area contributed by atoms with E-state index in [0.717, 1.165) is 42.6 Å². The van der Waals surface area contributed by atoms with E-state index in [4.69, 9.17) is 9.97 Å². The molecule has 0 amide bonds. The lowest BCUT2D eigenvalue weighted by atomic mass is 10.0. The molecule has 6 heteroatoms. The summed E-state index contributed by atoms with van der Waals surface area (Å²) in [5.74, 6) is 2.64. The molecule has 4 rings (SSSR count). The van der Waals surface area contributed by atoms with Crippen LogP contribution in [0.15, 0.2) is 11.6 Å². The summed E-state index contributed by atoms with van der Waals surface area (Å²) in [4.78, 5) is 14.4. The largest absolute Gasteiger partial charge is 0.361 e. The molecular weight excluding hydrogens is 318 g/mol. The average Bonchev–Trinajstić information content (AvgIpc) is 3.25. The molecule has 128 valence electrons. The van der Waals surface area contributed by atoms with Gasteiger partial charge in [0, 0.05) is 36.0 Å². The monoisotopic (exact) mass is 343 g/mol. The highest BCUT2D eigenvalue weighted by Crippen LogP contribution is 2.34. The van der Waals surface area contributed by atoms with Crippen molar-refractivity contribution in [2.45, 2.75) is 57.4 Å². The van der Waals surface area contributed by atoms with Crippen molar-refractivity contribution in [3.05, 3.63) is 33.7 Å². The first-order valence-electron chi connectivity index (χ1n) is 9.07. The van der Waals surface area contributed by atoms with Crippen molar-refractivity contribution in [1.82, 2.24) is 20.3 Å². The number of hydrogen-bond donors (Lipinski definition) is 2. The normalized spacial score (nSPS) is 19.7. The smallest absolute Gasteiger partial charge is 0.134 e. The quantitative estimate of drug-likeness (QED) is 0.890. The van der Waals surface area contributed by atoms with Crippen LogP contribution in [0.5, 0.6) is 0 Å². The summed E-state index contributed by atoms with van der Waals surface area (Å²) in [6.07, 6.45) is 8.95. The average molecular weight is 344 g/mol. The molecule has 1 fully saturated rings. The topological polar surface area (TPSA) is 62.7 Å². The third-order valence-corrected chi connectivity index (χ3v) is 6.05. The van der Waals surface area contributed by atoms with Crippen LogP contribution in [0.4, 0.5) is 5.82 Å². The minimum Gasteiger partial charge on any atom is -0.361 e. The number of thiazole rings is 1. The van der Waals surface area contributed by atoms with Gasteiger partial charge >= 0.3 is 0 Å². The lowest BCUT2D eigenvalue weighted by Gasteiger charge is -2.19. The Kier molecular flexibility index (Phi) is 4.76. The van der Waals surface area contributed by atoms with E-state index in [0.29, 0.717) is 5.92 Å². The summed E-state index contributed by atoms with van der Waals surface area (Å²) < 4.78 is 0. The Hall–Kier alpha value is -1.53. The maximum Gasteiger partial charge on any atom is 0.134 e. The lowest BCUT2D eigenvalue weighted by molar-refractivity contribution is 0.656. The first-order valence-corrected chi connectivity index (χ1v) is 9.95. The van der Waals surface area contributed by atoms with Crippen molar-refractivity contribution >= 4 is 17.2 Å². The lowest BCUT2D eigenvalue weighted by Crippen LogP contribution is -2.16. The van der Waals surface area contributed by atoms with Gasteiger partial charge in [0.1, 0.15) is 16.6 Å². The molecule has 1 unspecified atom stereocenters. The van der Waals surface area contributed by atoms with E-state index in [9.17, 15) is 0 Å². The van der Waals surface area contributed by atoms with Crippen molar-refractivity contribution in [2.75, 3.05) is 18.4 Å². The van der Waals surface area contributed by atoms with Crippen LogP contribution in [0.2, 0.25) is 0 Å². The zero-order valence-electron chi connectivity index (χ0n) is 14.2. The maximum atomic E-state index is 4.99. The third-order valence-electron chi connectivity index (χ3n) is 5.10. The van der Waals surface area contributed by atoms with Crippen molar-refractivity contribution in [1.29, 1.82) is 0 Å². The molecule has 0 spiro atoms. The second-order valence-corrected chi connectivity index (χ2v) is 7.75. The number of fused-ring (bicyclic) bond motifs is 1. The second kappa shape index (κ2) is 7.15. The number of nitrogens with zero attached hydrogens (tertiary/aromatic N) is 3. The van der Waals surface area contributed by atoms with E-state index in [-0.39, 0.29) is 6.04 Å². The van der Waals surface area contributed by atoms with Gasteiger partial charge in [0.15, 0.2) is 0 Å². The second-order valence-electron chi connectivity index (χ2n) is 6.82. The molecule has 3 heterocycles. The fourth-order valence-electron chi connectivity index (χ4n) is 3.77. The fourth-order valence-corrected chi connectivity index (χ4v) is 4.41. The van der Waals surface area contributed by atoms with Crippen LogP contribution in [0.3, 0.4) is 0 Å². The van der Waals surface area contributed by atoms with Gasteiger partial charge in [-0.15, -0.1) is 11.3 Å². The number of hydrogen-bond acceptors (Lipinski definition) is 6. The molecule has 1 saturated carbocycles. The molecule has 0 bridgehead atoms. The van der Waals surface area contributed by atoms with Gasteiger partial charge in [-0.25, -0.2) is 15.0 Å². The molecule has 2 aromatic heterocycles. The standard InChI is InChI=1S/C18H25N5S/c1-12(18-20-10-11-24-18)21-17-14-6-8-19-9-7-15(14)22-16(23-17)13-4-2-3-5-13/h10-13,19H,2-9H2,1H3,(H,21,22,23). The maximum absolute atomic E-state index is 4.99. The van der Waals surface area contributed by atoms with E-state index in [1.807, 2.05) is 11.6 Å². The van der Waals surface area contributed by atoms with Gasteiger partial charge in [-0.05, 0) is 32.7 Å². The molecule has 0 saturated heterocycles.